The van der Waals surface area contributed by atoms with E-state index in [2.05, 4.69) is 26.1 Å². The van der Waals surface area contributed by atoms with E-state index in [0.29, 0.717) is 5.75 Å². The SMILES string of the molecule is CSc1cccc(NC(=O)COc2ccc(C(C)(C)C)cc2)c1. The summed E-state index contributed by atoms with van der Waals surface area (Å²) < 4.78 is 5.55. The van der Waals surface area contributed by atoms with Gasteiger partial charge in [-0.05, 0) is 47.6 Å². The average Bonchev–Trinajstić information content (AvgIpc) is 2.52. The van der Waals surface area contributed by atoms with E-state index < -0.39 is 0 Å². The lowest BCUT2D eigenvalue weighted by molar-refractivity contribution is -0.118. The minimum atomic E-state index is -0.164. The fourth-order valence-corrected chi connectivity index (χ4v) is 2.56. The highest BCUT2D eigenvalue weighted by Crippen LogP contribution is 2.24. The van der Waals surface area contributed by atoms with Gasteiger partial charge in [-0.25, -0.2) is 0 Å². The van der Waals surface area contributed by atoms with Gasteiger partial charge in [0.15, 0.2) is 6.61 Å². The van der Waals surface area contributed by atoms with Gasteiger partial charge in [0, 0.05) is 10.6 Å². The molecule has 0 heterocycles. The lowest BCUT2D eigenvalue weighted by atomic mass is 9.87. The predicted octanol–water partition coefficient (Wildman–Crippen LogP) is 4.72. The summed E-state index contributed by atoms with van der Waals surface area (Å²) in [6.07, 6.45) is 2.01. The lowest BCUT2D eigenvalue weighted by Gasteiger charge is -2.19. The van der Waals surface area contributed by atoms with Gasteiger partial charge in [0.05, 0.1) is 0 Å². The normalized spacial score (nSPS) is 11.1. The zero-order valence-electron chi connectivity index (χ0n) is 14.1. The van der Waals surface area contributed by atoms with Crippen molar-refractivity contribution in [1.29, 1.82) is 0 Å². The largest absolute Gasteiger partial charge is 0.484 e. The number of carbonyl (C=O) groups is 1. The molecule has 1 amide bonds. The first-order valence-electron chi connectivity index (χ1n) is 7.56. The number of nitrogens with one attached hydrogen (secondary N) is 1. The number of rotatable bonds is 5. The van der Waals surface area contributed by atoms with Crippen LogP contribution in [0.25, 0.3) is 0 Å². The summed E-state index contributed by atoms with van der Waals surface area (Å²) in [6, 6.07) is 15.6. The van der Waals surface area contributed by atoms with Gasteiger partial charge < -0.3 is 10.1 Å². The molecule has 23 heavy (non-hydrogen) atoms. The zero-order valence-corrected chi connectivity index (χ0v) is 14.9. The van der Waals surface area contributed by atoms with Crippen molar-refractivity contribution in [3.05, 3.63) is 54.1 Å². The van der Waals surface area contributed by atoms with Crippen LogP contribution in [-0.2, 0) is 10.2 Å². The Balaban J connectivity index is 1.89. The van der Waals surface area contributed by atoms with Crippen LogP contribution in [0.4, 0.5) is 5.69 Å². The van der Waals surface area contributed by atoms with Gasteiger partial charge in [0.2, 0.25) is 0 Å². The van der Waals surface area contributed by atoms with Crippen LogP contribution in [0.3, 0.4) is 0 Å². The Morgan fingerprint density at radius 3 is 2.43 bits per heavy atom. The van der Waals surface area contributed by atoms with Gasteiger partial charge in [-0.3, -0.25) is 4.79 Å². The summed E-state index contributed by atoms with van der Waals surface area (Å²) in [7, 11) is 0. The Kier molecular flexibility index (Phi) is 5.72. The Bertz CT molecular complexity index is 660. The molecular formula is C19H23NO2S. The number of anilines is 1. The second-order valence-electron chi connectivity index (χ2n) is 6.34. The maximum atomic E-state index is 12.0. The molecule has 4 heteroatoms. The average molecular weight is 329 g/mol. The molecule has 1 N–H and O–H groups in total. The molecule has 0 aliphatic rings. The molecule has 2 aromatic rings. The van der Waals surface area contributed by atoms with Crippen LogP contribution in [-0.4, -0.2) is 18.8 Å². The number of hydrogen-bond acceptors (Lipinski definition) is 3. The molecule has 0 atom stereocenters. The number of thioether (sulfide) groups is 1. The quantitative estimate of drug-likeness (QED) is 0.806. The molecule has 0 saturated carbocycles. The van der Waals surface area contributed by atoms with Crippen molar-refractivity contribution >= 4 is 23.4 Å². The zero-order chi connectivity index (χ0) is 16.9. The predicted molar refractivity (Wildman–Crippen MR) is 97.5 cm³/mol. The van der Waals surface area contributed by atoms with Crippen LogP contribution >= 0.6 is 11.8 Å². The molecule has 0 saturated heterocycles. The van der Waals surface area contributed by atoms with Crippen LogP contribution in [0, 0.1) is 0 Å². The van der Waals surface area contributed by atoms with Crippen LogP contribution in [0.5, 0.6) is 5.75 Å². The highest BCUT2D eigenvalue weighted by molar-refractivity contribution is 7.98. The summed E-state index contributed by atoms with van der Waals surface area (Å²) in [5.41, 5.74) is 2.13. The van der Waals surface area contributed by atoms with E-state index in [1.165, 1.54) is 5.56 Å². The highest BCUT2D eigenvalue weighted by atomic mass is 32.2. The Labute approximate surface area is 142 Å². The van der Waals surface area contributed by atoms with Crippen molar-refractivity contribution in [2.24, 2.45) is 0 Å². The first-order valence-corrected chi connectivity index (χ1v) is 8.78. The van der Waals surface area contributed by atoms with E-state index in [4.69, 9.17) is 4.74 Å². The van der Waals surface area contributed by atoms with E-state index in [0.717, 1.165) is 10.6 Å². The van der Waals surface area contributed by atoms with Crippen LogP contribution in [0.15, 0.2) is 53.4 Å². The third-order valence-electron chi connectivity index (χ3n) is 3.44. The lowest BCUT2D eigenvalue weighted by Crippen LogP contribution is -2.20. The fraction of sp³-hybridized carbons (Fsp3) is 0.316. The Morgan fingerprint density at radius 2 is 1.83 bits per heavy atom. The molecule has 122 valence electrons. The first-order chi connectivity index (χ1) is 10.9. The van der Waals surface area contributed by atoms with Crippen molar-refractivity contribution in [2.75, 3.05) is 18.2 Å². The minimum absolute atomic E-state index is 0.00163. The molecule has 0 unspecified atom stereocenters. The molecule has 0 aliphatic carbocycles. The molecule has 0 fully saturated rings. The summed E-state index contributed by atoms with van der Waals surface area (Å²) in [5.74, 6) is 0.536. The van der Waals surface area contributed by atoms with Crippen molar-refractivity contribution in [1.82, 2.24) is 0 Å². The van der Waals surface area contributed by atoms with Gasteiger partial charge in [-0.1, -0.05) is 39.0 Å². The number of hydrogen-bond donors (Lipinski definition) is 1. The van der Waals surface area contributed by atoms with E-state index in [9.17, 15) is 4.79 Å². The summed E-state index contributed by atoms with van der Waals surface area (Å²) in [4.78, 5) is 13.1. The number of carbonyl (C=O) groups excluding carboxylic acids is 1. The maximum absolute atomic E-state index is 12.0. The van der Waals surface area contributed by atoms with E-state index >= 15 is 0 Å². The summed E-state index contributed by atoms with van der Waals surface area (Å²) in [6.45, 7) is 6.50. The number of ether oxygens (including phenoxy) is 1. The topological polar surface area (TPSA) is 38.3 Å². The number of amides is 1. The van der Waals surface area contributed by atoms with Crippen LogP contribution < -0.4 is 10.1 Å². The summed E-state index contributed by atoms with van der Waals surface area (Å²) >= 11 is 1.64. The summed E-state index contributed by atoms with van der Waals surface area (Å²) in [5, 5.41) is 2.85. The van der Waals surface area contributed by atoms with Crippen molar-refractivity contribution < 1.29 is 9.53 Å². The molecule has 0 aliphatic heterocycles. The van der Waals surface area contributed by atoms with Crippen LogP contribution in [0.1, 0.15) is 26.3 Å². The van der Waals surface area contributed by atoms with Crippen LogP contribution in [0.2, 0.25) is 0 Å². The first kappa shape index (κ1) is 17.4. The highest BCUT2D eigenvalue weighted by Gasteiger charge is 2.13. The third-order valence-corrected chi connectivity index (χ3v) is 4.17. The molecule has 2 aromatic carbocycles. The maximum Gasteiger partial charge on any atom is 0.262 e. The number of benzene rings is 2. The van der Waals surface area contributed by atoms with Gasteiger partial charge >= 0.3 is 0 Å². The van der Waals surface area contributed by atoms with Gasteiger partial charge in [0.25, 0.3) is 5.91 Å². The smallest absolute Gasteiger partial charge is 0.262 e. The van der Waals surface area contributed by atoms with Gasteiger partial charge in [0.1, 0.15) is 5.75 Å². The van der Waals surface area contributed by atoms with Crippen molar-refractivity contribution in [3.63, 3.8) is 0 Å². The third kappa shape index (κ3) is 5.32. The molecule has 3 nitrogen and oxygen atoms in total. The monoisotopic (exact) mass is 329 g/mol. The second kappa shape index (κ2) is 7.55. The van der Waals surface area contributed by atoms with Gasteiger partial charge in [-0.15, -0.1) is 11.8 Å². The molecular weight excluding hydrogens is 306 g/mol. The Morgan fingerprint density at radius 1 is 1.13 bits per heavy atom. The second-order valence-corrected chi connectivity index (χ2v) is 7.22. The minimum Gasteiger partial charge on any atom is -0.484 e. The molecule has 0 radical (unpaired) electrons. The molecule has 2 rings (SSSR count). The van der Waals surface area contributed by atoms with E-state index in [1.54, 1.807) is 11.8 Å². The van der Waals surface area contributed by atoms with Gasteiger partial charge in [-0.2, -0.15) is 0 Å². The standard InChI is InChI=1S/C19H23NO2S/c1-19(2,3)14-8-10-16(11-9-14)22-13-18(21)20-15-6-5-7-17(12-15)23-4/h5-12H,13H2,1-4H3,(H,20,21). The fourth-order valence-electron chi connectivity index (χ4n) is 2.10. The van der Waals surface area contributed by atoms with Crippen molar-refractivity contribution in [2.45, 2.75) is 31.1 Å². The Hall–Kier alpha value is -1.94. The molecule has 0 bridgehead atoms. The molecule has 0 spiro atoms. The molecule has 0 aromatic heterocycles. The van der Waals surface area contributed by atoms with E-state index in [-0.39, 0.29) is 17.9 Å². The van der Waals surface area contributed by atoms with Crippen molar-refractivity contribution in [3.8, 4) is 5.75 Å². The van der Waals surface area contributed by atoms with E-state index in [1.807, 2.05) is 54.8 Å².